The van der Waals surface area contributed by atoms with Gasteiger partial charge in [0, 0.05) is 30.9 Å². The van der Waals surface area contributed by atoms with E-state index >= 15 is 0 Å². The number of nitrogens with zero attached hydrogens (tertiary/aromatic N) is 2. The molecule has 6 nitrogen and oxygen atoms in total. The van der Waals surface area contributed by atoms with Crippen LogP contribution in [0.2, 0.25) is 0 Å². The fraction of sp³-hybridized carbons (Fsp3) is 0.391. The molecule has 0 unspecified atom stereocenters. The van der Waals surface area contributed by atoms with Crippen molar-refractivity contribution in [1.82, 2.24) is 10.2 Å². The second-order valence-corrected chi connectivity index (χ2v) is 7.69. The van der Waals surface area contributed by atoms with Crippen LogP contribution in [-0.4, -0.2) is 56.1 Å². The van der Waals surface area contributed by atoms with Gasteiger partial charge in [0.1, 0.15) is 5.82 Å². The number of fused-ring (bicyclic) bond motifs is 1. The largest absolute Gasteiger partial charge is 0.379 e. The van der Waals surface area contributed by atoms with E-state index in [1.165, 1.54) is 12.1 Å². The zero-order chi connectivity index (χ0) is 20.9. The van der Waals surface area contributed by atoms with E-state index in [9.17, 15) is 14.0 Å². The molecule has 0 spiro atoms. The quantitative estimate of drug-likeness (QED) is 0.711. The van der Waals surface area contributed by atoms with Crippen LogP contribution in [0, 0.1) is 5.82 Å². The number of ether oxygens (including phenoxy) is 1. The Labute approximate surface area is 175 Å². The van der Waals surface area contributed by atoms with Gasteiger partial charge in [0.05, 0.1) is 26.2 Å². The molecule has 2 aliphatic rings. The second-order valence-electron chi connectivity index (χ2n) is 7.69. The molecule has 0 atom stereocenters. The van der Waals surface area contributed by atoms with Gasteiger partial charge in [-0.15, -0.1) is 0 Å². The fourth-order valence-corrected chi connectivity index (χ4v) is 3.90. The van der Waals surface area contributed by atoms with Crippen molar-refractivity contribution in [2.45, 2.75) is 19.4 Å². The third kappa shape index (κ3) is 4.86. The zero-order valence-corrected chi connectivity index (χ0v) is 16.9. The lowest BCUT2D eigenvalue weighted by molar-refractivity contribution is -0.117. The second kappa shape index (κ2) is 9.36. The summed E-state index contributed by atoms with van der Waals surface area (Å²) in [4.78, 5) is 29.0. The van der Waals surface area contributed by atoms with Crippen molar-refractivity contribution in [2.24, 2.45) is 0 Å². The van der Waals surface area contributed by atoms with Gasteiger partial charge in [-0.3, -0.25) is 14.5 Å². The summed E-state index contributed by atoms with van der Waals surface area (Å²) in [6.07, 6.45) is 1.16. The van der Waals surface area contributed by atoms with Crippen molar-refractivity contribution >= 4 is 17.5 Å². The Kier molecular flexibility index (Phi) is 6.40. The van der Waals surface area contributed by atoms with Gasteiger partial charge >= 0.3 is 0 Å². The molecular weight excluding hydrogens is 385 g/mol. The van der Waals surface area contributed by atoms with E-state index in [0.717, 1.165) is 56.1 Å². The predicted molar refractivity (Wildman–Crippen MR) is 112 cm³/mol. The third-order valence-corrected chi connectivity index (χ3v) is 5.57. The van der Waals surface area contributed by atoms with Gasteiger partial charge in [-0.2, -0.15) is 0 Å². The zero-order valence-electron chi connectivity index (χ0n) is 16.9. The van der Waals surface area contributed by atoms with E-state index in [4.69, 9.17) is 4.74 Å². The van der Waals surface area contributed by atoms with Crippen LogP contribution in [0.5, 0.6) is 0 Å². The summed E-state index contributed by atoms with van der Waals surface area (Å²) < 4.78 is 18.5. The lowest BCUT2D eigenvalue weighted by Crippen LogP contribution is -2.38. The number of hydrogen-bond donors (Lipinski definition) is 1. The highest BCUT2D eigenvalue weighted by Gasteiger charge is 2.28. The molecule has 0 saturated carbocycles. The molecule has 0 aromatic heterocycles. The molecule has 1 saturated heterocycles. The summed E-state index contributed by atoms with van der Waals surface area (Å²) in [7, 11) is 0. The van der Waals surface area contributed by atoms with E-state index in [1.54, 1.807) is 29.2 Å². The first-order valence-electron chi connectivity index (χ1n) is 10.4. The minimum absolute atomic E-state index is 0.0163. The molecule has 158 valence electrons. The highest BCUT2D eigenvalue weighted by atomic mass is 19.1. The van der Waals surface area contributed by atoms with Gasteiger partial charge in [-0.05, 0) is 54.4 Å². The summed E-state index contributed by atoms with van der Waals surface area (Å²) in [5.41, 5.74) is 3.09. The SMILES string of the molecule is O=C(NCCCN1CCOCC1)c1ccc2c(c1)CC(=O)N2Cc1ccc(F)cc1. The number of nitrogens with one attached hydrogen (secondary N) is 1. The molecule has 2 aliphatic heterocycles. The van der Waals surface area contributed by atoms with Gasteiger partial charge in [-0.25, -0.2) is 4.39 Å². The monoisotopic (exact) mass is 411 g/mol. The van der Waals surface area contributed by atoms with Crippen LogP contribution >= 0.6 is 0 Å². The maximum atomic E-state index is 13.1. The number of carbonyl (C=O) groups is 2. The smallest absolute Gasteiger partial charge is 0.251 e. The molecular formula is C23H26FN3O3. The number of anilines is 1. The summed E-state index contributed by atoms with van der Waals surface area (Å²) in [6.45, 7) is 5.39. The first-order chi connectivity index (χ1) is 14.6. The van der Waals surface area contributed by atoms with Gasteiger partial charge in [0.2, 0.25) is 5.91 Å². The summed E-state index contributed by atoms with van der Waals surface area (Å²) in [5.74, 6) is -0.436. The topological polar surface area (TPSA) is 61.9 Å². The highest BCUT2D eigenvalue weighted by molar-refractivity contribution is 6.03. The first kappa shape index (κ1) is 20.5. The van der Waals surface area contributed by atoms with E-state index in [0.29, 0.717) is 18.7 Å². The molecule has 0 aliphatic carbocycles. The number of benzene rings is 2. The number of carbonyl (C=O) groups excluding carboxylic acids is 2. The first-order valence-corrected chi connectivity index (χ1v) is 10.4. The average Bonchev–Trinajstić information content (AvgIpc) is 3.07. The molecule has 2 heterocycles. The standard InChI is InChI=1S/C23H26FN3O3/c24-20-5-2-17(3-6-20)16-27-21-7-4-18(14-19(21)15-22(27)28)23(29)25-8-1-9-26-10-12-30-13-11-26/h2-7,14H,1,8-13,15-16H2,(H,25,29). The number of amides is 2. The van der Waals surface area contributed by atoms with Crippen molar-refractivity contribution in [3.63, 3.8) is 0 Å². The molecule has 0 radical (unpaired) electrons. The molecule has 0 bridgehead atoms. The fourth-order valence-electron chi connectivity index (χ4n) is 3.90. The average molecular weight is 411 g/mol. The van der Waals surface area contributed by atoms with Crippen molar-refractivity contribution in [3.8, 4) is 0 Å². The Bertz CT molecular complexity index is 910. The van der Waals surface area contributed by atoms with E-state index in [1.807, 2.05) is 6.07 Å². The van der Waals surface area contributed by atoms with Gasteiger partial charge < -0.3 is 15.0 Å². The summed E-state index contributed by atoms with van der Waals surface area (Å²) in [5, 5.41) is 2.97. The molecule has 4 rings (SSSR count). The highest BCUT2D eigenvalue weighted by Crippen LogP contribution is 2.31. The van der Waals surface area contributed by atoms with Crippen LogP contribution in [0.4, 0.5) is 10.1 Å². The maximum absolute atomic E-state index is 13.1. The molecule has 7 heteroatoms. The van der Waals surface area contributed by atoms with E-state index < -0.39 is 0 Å². The van der Waals surface area contributed by atoms with Crippen molar-refractivity contribution in [3.05, 3.63) is 65.0 Å². The number of halogens is 1. The van der Waals surface area contributed by atoms with Crippen LogP contribution in [0.15, 0.2) is 42.5 Å². The van der Waals surface area contributed by atoms with E-state index in [2.05, 4.69) is 10.2 Å². The molecule has 1 fully saturated rings. The summed E-state index contributed by atoms with van der Waals surface area (Å²) in [6, 6.07) is 11.5. The predicted octanol–water partition coefficient (Wildman–Crippen LogP) is 2.37. The minimum Gasteiger partial charge on any atom is -0.379 e. The van der Waals surface area contributed by atoms with E-state index in [-0.39, 0.29) is 24.1 Å². The van der Waals surface area contributed by atoms with Crippen LogP contribution in [0.25, 0.3) is 0 Å². The Hall–Kier alpha value is -2.77. The van der Waals surface area contributed by atoms with Crippen LogP contribution in [0.3, 0.4) is 0 Å². The Morgan fingerprint density at radius 3 is 2.63 bits per heavy atom. The Morgan fingerprint density at radius 1 is 1.10 bits per heavy atom. The van der Waals surface area contributed by atoms with Crippen molar-refractivity contribution < 1.29 is 18.7 Å². The minimum atomic E-state index is -0.299. The number of rotatable bonds is 7. The maximum Gasteiger partial charge on any atom is 0.251 e. The lowest BCUT2D eigenvalue weighted by Gasteiger charge is -2.26. The van der Waals surface area contributed by atoms with Crippen molar-refractivity contribution in [1.29, 1.82) is 0 Å². The summed E-state index contributed by atoms with van der Waals surface area (Å²) >= 11 is 0. The number of hydrogen-bond acceptors (Lipinski definition) is 4. The Balaban J connectivity index is 1.33. The Morgan fingerprint density at radius 2 is 1.87 bits per heavy atom. The van der Waals surface area contributed by atoms with Crippen LogP contribution < -0.4 is 10.2 Å². The number of morpholine rings is 1. The molecule has 2 amide bonds. The molecule has 2 aromatic carbocycles. The van der Waals surface area contributed by atoms with Crippen LogP contribution in [0.1, 0.15) is 27.9 Å². The normalized spacial score (nSPS) is 16.6. The van der Waals surface area contributed by atoms with Gasteiger partial charge in [0.25, 0.3) is 5.91 Å². The molecule has 30 heavy (non-hydrogen) atoms. The lowest BCUT2D eigenvalue weighted by atomic mass is 10.1. The van der Waals surface area contributed by atoms with Crippen LogP contribution in [-0.2, 0) is 22.5 Å². The van der Waals surface area contributed by atoms with Gasteiger partial charge in [-0.1, -0.05) is 12.1 Å². The van der Waals surface area contributed by atoms with Crippen molar-refractivity contribution in [2.75, 3.05) is 44.3 Å². The molecule has 1 N–H and O–H groups in total. The molecule has 2 aromatic rings. The third-order valence-electron chi connectivity index (χ3n) is 5.57. The van der Waals surface area contributed by atoms with Gasteiger partial charge in [0.15, 0.2) is 0 Å².